The van der Waals surface area contributed by atoms with Crippen molar-refractivity contribution in [2.24, 2.45) is 0 Å². The monoisotopic (exact) mass is 369 g/mol. The Morgan fingerprint density at radius 3 is 2.74 bits per heavy atom. The number of nitrogens with one attached hydrogen (secondary N) is 2. The number of carbonyl (C=O) groups excluding carboxylic acids is 2. The Balaban J connectivity index is 1.67. The second-order valence-electron chi connectivity index (χ2n) is 6.71. The first-order valence-electron chi connectivity index (χ1n) is 9.00. The van der Waals surface area contributed by atoms with Gasteiger partial charge in [0.15, 0.2) is 11.9 Å². The van der Waals surface area contributed by atoms with E-state index in [4.69, 9.17) is 4.74 Å². The minimum absolute atomic E-state index is 0.162. The number of halogens is 1. The molecule has 2 heterocycles. The molecule has 2 aliphatic heterocycles. The van der Waals surface area contributed by atoms with Gasteiger partial charge < -0.3 is 20.3 Å². The number of hydrogen-bond acceptors (Lipinski definition) is 4. The zero-order chi connectivity index (χ0) is 19.0. The van der Waals surface area contributed by atoms with Crippen molar-refractivity contribution >= 4 is 28.9 Å². The van der Waals surface area contributed by atoms with E-state index in [1.54, 1.807) is 31.2 Å². The molecule has 6 nitrogen and oxygen atoms in total. The molecule has 7 heteroatoms. The molecule has 27 heavy (non-hydrogen) atoms. The summed E-state index contributed by atoms with van der Waals surface area (Å²) in [5, 5.41) is 5.41. The third-order valence-corrected chi connectivity index (χ3v) is 4.86. The highest BCUT2D eigenvalue weighted by molar-refractivity contribution is 6.10. The summed E-state index contributed by atoms with van der Waals surface area (Å²) in [4.78, 5) is 26.7. The van der Waals surface area contributed by atoms with Crippen LogP contribution in [0.2, 0.25) is 0 Å². The summed E-state index contributed by atoms with van der Waals surface area (Å²) in [5.74, 6) is -0.951. The van der Waals surface area contributed by atoms with Crippen LogP contribution < -0.4 is 20.3 Å². The summed E-state index contributed by atoms with van der Waals surface area (Å²) in [6.45, 7) is 3.27. The van der Waals surface area contributed by atoms with Gasteiger partial charge in [-0.1, -0.05) is 12.1 Å². The lowest BCUT2D eigenvalue weighted by atomic mass is 10.1. The number of hydrogen-bond donors (Lipinski definition) is 2. The molecule has 1 unspecified atom stereocenters. The van der Waals surface area contributed by atoms with E-state index < -0.39 is 17.8 Å². The maximum Gasteiger partial charge on any atom is 0.265 e. The van der Waals surface area contributed by atoms with Gasteiger partial charge in [-0.25, -0.2) is 4.39 Å². The molecule has 1 saturated heterocycles. The third-order valence-electron chi connectivity index (χ3n) is 4.86. The van der Waals surface area contributed by atoms with Gasteiger partial charge >= 0.3 is 0 Å². The molecule has 0 bridgehead atoms. The van der Waals surface area contributed by atoms with Crippen LogP contribution in [0.25, 0.3) is 0 Å². The fraction of sp³-hybridized carbons (Fsp3) is 0.300. The van der Waals surface area contributed by atoms with Gasteiger partial charge in [0.1, 0.15) is 11.5 Å². The average Bonchev–Trinajstić information content (AvgIpc) is 3.18. The standard InChI is InChI=1S/C20H20FN3O3/c1-12-19(25)22-15-8-4-6-13(18(15)27-12)20(26)23-17-14(21)7-5-9-16(17)24-10-2-3-11-24/h4-9,12H,2-3,10-11H2,1H3,(H,22,25)(H,23,26). The van der Waals surface area contributed by atoms with Crippen LogP contribution in [-0.2, 0) is 4.79 Å². The predicted molar refractivity (Wildman–Crippen MR) is 101 cm³/mol. The Kier molecular flexibility index (Phi) is 4.43. The number of anilines is 3. The Labute approximate surface area is 156 Å². The summed E-state index contributed by atoms with van der Waals surface area (Å²) in [7, 11) is 0. The van der Waals surface area contributed by atoms with Crippen LogP contribution in [0.4, 0.5) is 21.5 Å². The normalized spacial score (nSPS) is 18.5. The van der Waals surface area contributed by atoms with Crippen molar-refractivity contribution in [3.05, 3.63) is 47.8 Å². The lowest BCUT2D eigenvalue weighted by Crippen LogP contribution is -2.35. The van der Waals surface area contributed by atoms with E-state index in [9.17, 15) is 14.0 Å². The van der Waals surface area contributed by atoms with Gasteiger partial charge in [-0.05, 0) is 44.0 Å². The SMILES string of the molecule is CC1Oc2c(cccc2C(=O)Nc2c(F)cccc2N2CCCC2)NC1=O. The quantitative estimate of drug-likeness (QED) is 0.870. The summed E-state index contributed by atoms with van der Waals surface area (Å²) in [5.41, 5.74) is 1.51. The number of carbonyl (C=O) groups is 2. The second-order valence-corrected chi connectivity index (χ2v) is 6.71. The predicted octanol–water partition coefficient (Wildman–Crippen LogP) is 3.40. The zero-order valence-electron chi connectivity index (χ0n) is 14.9. The fourth-order valence-corrected chi connectivity index (χ4v) is 3.44. The van der Waals surface area contributed by atoms with Gasteiger partial charge in [-0.2, -0.15) is 0 Å². The topological polar surface area (TPSA) is 70.7 Å². The fourth-order valence-electron chi connectivity index (χ4n) is 3.44. The van der Waals surface area contributed by atoms with E-state index >= 15 is 0 Å². The van der Waals surface area contributed by atoms with Crippen molar-refractivity contribution in [1.82, 2.24) is 0 Å². The number of ether oxygens (including phenoxy) is 1. The van der Waals surface area contributed by atoms with E-state index in [2.05, 4.69) is 15.5 Å². The van der Waals surface area contributed by atoms with E-state index in [0.717, 1.165) is 25.9 Å². The largest absolute Gasteiger partial charge is 0.478 e. The average molecular weight is 369 g/mol. The van der Waals surface area contributed by atoms with E-state index in [0.29, 0.717) is 17.1 Å². The molecular weight excluding hydrogens is 349 g/mol. The van der Waals surface area contributed by atoms with Gasteiger partial charge in [0.25, 0.3) is 11.8 Å². The van der Waals surface area contributed by atoms with Crippen LogP contribution in [-0.4, -0.2) is 31.0 Å². The van der Waals surface area contributed by atoms with Crippen LogP contribution in [0.5, 0.6) is 5.75 Å². The maximum atomic E-state index is 14.5. The summed E-state index contributed by atoms with van der Waals surface area (Å²) in [6.07, 6.45) is 1.38. The van der Waals surface area contributed by atoms with E-state index in [-0.39, 0.29) is 17.2 Å². The Hall–Kier alpha value is -3.09. The first-order chi connectivity index (χ1) is 13.0. The van der Waals surface area contributed by atoms with Crippen molar-refractivity contribution in [3.8, 4) is 5.75 Å². The van der Waals surface area contributed by atoms with Crippen LogP contribution in [0.3, 0.4) is 0 Å². The first kappa shape index (κ1) is 17.3. The molecule has 2 aromatic carbocycles. The molecular formula is C20H20FN3O3. The summed E-state index contributed by atoms with van der Waals surface area (Å²) < 4.78 is 20.1. The second kappa shape index (κ2) is 6.90. The number of benzene rings is 2. The number of nitrogens with zero attached hydrogens (tertiary/aromatic N) is 1. The molecule has 2 aromatic rings. The van der Waals surface area contributed by atoms with Gasteiger partial charge in [-0.3, -0.25) is 9.59 Å². The highest BCUT2D eigenvalue weighted by Gasteiger charge is 2.28. The number of fused-ring (bicyclic) bond motifs is 1. The van der Waals surface area contributed by atoms with Crippen molar-refractivity contribution in [1.29, 1.82) is 0 Å². The smallest absolute Gasteiger partial charge is 0.265 e. The third kappa shape index (κ3) is 3.20. The van der Waals surface area contributed by atoms with Crippen LogP contribution in [0, 0.1) is 5.82 Å². The van der Waals surface area contributed by atoms with Gasteiger partial charge in [0, 0.05) is 13.1 Å². The van der Waals surface area contributed by atoms with Crippen molar-refractivity contribution < 1.29 is 18.7 Å². The van der Waals surface area contributed by atoms with E-state index in [1.807, 2.05) is 6.07 Å². The van der Waals surface area contributed by atoms with Crippen LogP contribution in [0.15, 0.2) is 36.4 Å². The molecule has 1 atom stereocenters. The molecule has 0 spiro atoms. The molecule has 0 radical (unpaired) electrons. The lowest BCUT2D eigenvalue weighted by molar-refractivity contribution is -0.122. The molecule has 140 valence electrons. The highest BCUT2D eigenvalue weighted by atomic mass is 19.1. The van der Waals surface area contributed by atoms with Crippen LogP contribution >= 0.6 is 0 Å². The van der Waals surface area contributed by atoms with Gasteiger partial charge in [0.05, 0.1) is 16.9 Å². The minimum atomic E-state index is -0.708. The van der Waals surface area contributed by atoms with Crippen LogP contribution in [0.1, 0.15) is 30.1 Å². The van der Waals surface area contributed by atoms with E-state index in [1.165, 1.54) is 6.07 Å². The summed E-state index contributed by atoms with van der Waals surface area (Å²) >= 11 is 0. The molecule has 2 amide bonds. The molecule has 4 rings (SSSR count). The Morgan fingerprint density at radius 2 is 1.96 bits per heavy atom. The minimum Gasteiger partial charge on any atom is -0.478 e. The Bertz CT molecular complexity index is 909. The first-order valence-corrected chi connectivity index (χ1v) is 9.00. The molecule has 2 N–H and O–H groups in total. The molecule has 0 aromatic heterocycles. The van der Waals surface area contributed by atoms with Gasteiger partial charge in [0.2, 0.25) is 0 Å². The highest BCUT2D eigenvalue weighted by Crippen LogP contribution is 2.36. The molecule has 1 fully saturated rings. The van der Waals surface area contributed by atoms with Crippen molar-refractivity contribution in [2.45, 2.75) is 25.9 Å². The van der Waals surface area contributed by atoms with Gasteiger partial charge in [-0.15, -0.1) is 0 Å². The van der Waals surface area contributed by atoms with Crippen molar-refractivity contribution in [2.75, 3.05) is 28.6 Å². The molecule has 0 aliphatic carbocycles. The molecule has 0 saturated carbocycles. The number of amides is 2. The number of rotatable bonds is 3. The number of para-hydroxylation sites is 2. The zero-order valence-corrected chi connectivity index (χ0v) is 14.9. The van der Waals surface area contributed by atoms with Crippen molar-refractivity contribution in [3.63, 3.8) is 0 Å². The summed E-state index contributed by atoms with van der Waals surface area (Å²) in [6, 6.07) is 9.68. The lowest BCUT2D eigenvalue weighted by Gasteiger charge is -2.25. The molecule has 2 aliphatic rings. The Morgan fingerprint density at radius 1 is 1.22 bits per heavy atom. The maximum absolute atomic E-state index is 14.5.